The Morgan fingerprint density at radius 1 is 1.33 bits per heavy atom. The molecule has 24 heavy (non-hydrogen) atoms. The molecule has 1 atom stereocenters. The van der Waals surface area contributed by atoms with E-state index in [1.54, 1.807) is 0 Å². The number of hydrogen-bond donors (Lipinski definition) is 2. The largest absolute Gasteiger partial charge is 0.377 e. The maximum atomic E-state index is 12.1. The molecule has 1 saturated heterocycles. The quantitative estimate of drug-likeness (QED) is 0.865. The lowest BCUT2D eigenvalue weighted by atomic mass is 10.1. The molecule has 0 aliphatic carbocycles. The molecule has 1 fully saturated rings. The Bertz CT molecular complexity index is 601. The van der Waals surface area contributed by atoms with E-state index >= 15 is 0 Å². The molecule has 6 heteroatoms. The molecule has 2 rings (SSSR count). The van der Waals surface area contributed by atoms with Crippen LogP contribution in [0.25, 0.3) is 0 Å². The van der Waals surface area contributed by atoms with Gasteiger partial charge in [-0.1, -0.05) is 19.1 Å². The van der Waals surface area contributed by atoms with Crippen LogP contribution in [0.15, 0.2) is 18.2 Å². The van der Waals surface area contributed by atoms with Crippen molar-refractivity contribution in [2.75, 3.05) is 32.1 Å². The average molecular weight is 332 g/mol. The predicted molar refractivity (Wildman–Crippen MR) is 96.2 cm³/mol. The van der Waals surface area contributed by atoms with Crippen molar-refractivity contribution < 1.29 is 9.59 Å². The number of nitrogens with one attached hydrogen (secondary N) is 2. The Labute approximate surface area is 144 Å². The molecule has 3 amide bonds. The molecule has 1 aliphatic rings. The Hall–Kier alpha value is -2.24. The summed E-state index contributed by atoms with van der Waals surface area (Å²) in [5, 5.41) is 5.88. The Balaban J connectivity index is 1.85. The smallest absolute Gasteiger partial charge is 0.315 e. The van der Waals surface area contributed by atoms with E-state index in [0.717, 1.165) is 24.2 Å². The number of carbonyl (C=O) groups is 2. The standard InChI is InChI=1S/C18H28N4O2/c1-5-17(23)22-9-8-15(12-22)20-18(24)19-11-14-7-6-13(2)10-16(14)21(3)4/h6-7,10,15H,5,8-9,11-12H2,1-4H3,(H2,19,20,24)/t15-/m0/s1. The molecule has 2 N–H and O–H groups in total. The first-order valence-electron chi connectivity index (χ1n) is 8.49. The zero-order valence-corrected chi connectivity index (χ0v) is 15.1. The summed E-state index contributed by atoms with van der Waals surface area (Å²) in [6.07, 6.45) is 1.33. The van der Waals surface area contributed by atoms with Crippen molar-refractivity contribution in [1.82, 2.24) is 15.5 Å². The number of amides is 3. The highest BCUT2D eigenvalue weighted by Gasteiger charge is 2.26. The van der Waals surface area contributed by atoms with Crippen LogP contribution in [0.3, 0.4) is 0 Å². The topological polar surface area (TPSA) is 64.7 Å². The van der Waals surface area contributed by atoms with Gasteiger partial charge in [0.25, 0.3) is 0 Å². The van der Waals surface area contributed by atoms with E-state index in [1.807, 2.05) is 43.0 Å². The van der Waals surface area contributed by atoms with Crippen LogP contribution in [-0.4, -0.2) is 50.1 Å². The van der Waals surface area contributed by atoms with Crippen LogP contribution >= 0.6 is 0 Å². The summed E-state index contributed by atoms with van der Waals surface area (Å²) in [6, 6.07) is 6.05. The number of likely N-dealkylation sites (tertiary alicyclic amines) is 1. The minimum Gasteiger partial charge on any atom is -0.377 e. The summed E-state index contributed by atoms with van der Waals surface area (Å²) in [5.41, 5.74) is 3.38. The third kappa shape index (κ3) is 4.63. The van der Waals surface area contributed by atoms with Crippen LogP contribution in [-0.2, 0) is 11.3 Å². The van der Waals surface area contributed by atoms with Crippen molar-refractivity contribution in [2.45, 2.75) is 39.3 Å². The van der Waals surface area contributed by atoms with Crippen molar-refractivity contribution >= 4 is 17.6 Å². The Kier molecular flexibility index (Phi) is 6.06. The summed E-state index contributed by atoms with van der Waals surface area (Å²) >= 11 is 0. The van der Waals surface area contributed by atoms with Crippen LogP contribution in [0.5, 0.6) is 0 Å². The summed E-state index contributed by atoms with van der Waals surface area (Å²) in [4.78, 5) is 27.7. The van der Waals surface area contributed by atoms with Crippen LogP contribution in [0.4, 0.5) is 10.5 Å². The van der Waals surface area contributed by atoms with Crippen molar-refractivity contribution in [3.8, 4) is 0 Å². The van der Waals surface area contributed by atoms with Gasteiger partial charge in [0.2, 0.25) is 5.91 Å². The average Bonchev–Trinajstić information content (AvgIpc) is 3.01. The number of carbonyl (C=O) groups excluding carboxylic acids is 2. The first kappa shape index (κ1) is 18.1. The minimum atomic E-state index is -0.184. The van der Waals surface area contributed by atoms with Gasteiger partial charge in [0.1, 0.15) is 0 Å². The third-order valence-electron chi connectivity index (χ3n) is 4.34. The van der Waals surface area contributed by atoms with Crippen LogP contribution in [0.2, 0.25) is 0 Å². The highest BCUT2D eigenvalue weighted by Crippen LogP contribution is 2.20. The van der Waals surface area contributed by atoms with Gasteiger partial charge in [0.05, 0.1) is 0 Å². The van der Waals surface area contributed by atoms with Gasteiger partial charge < -0.3 is 20.4 Å². The molecule has 0 bridgehead atoms. The maximum Gasteiger partial charge on any atom is 0.315 e. The molecule has 0 saturated carbocycles. The number of aryl methyl sites for hydroxylation is 1. The van der Waals surface area contributed by atoms with E-state index in [9.17, 15) is 9.59 Å². The lowest BCUT2D eigenvalue weighted by Gasteiger charge is -2.19. The minimum absolute atomic E-state index is 0.0341. The maximum absolute atomic E-state index is 12.1. The molecular weight excluding hydrogens is 304 g/mol. The SMILES string of the molecule is CCC(=O)N1CC[C@H](NC(=O)NCc2ccc(C)cc2N(C)C)C1. The molecule has 0 radical (unpaired) electrons. The zero-order valence-electron chi connectivity index (χ0n) is 15.1. The van der Waals surface area contributed by atoms with Gasteiger partial charge in [-0.15, -0.1) is 0 Å². The first-order valence-corrected chi connectivity index (χ1v) is 8.49. The van der Waals surface area contributed by atoms with Crippen molar-refractivity contribution in [1.29, 1.82) is 0 Å². The molecule has 1 heterocycles. The Morgan fingerprint density at radius 3 is 2.75 bits per heavy atom. The highest BCUT2D eigenvalue weighted by molar-refractivity contribution is 5.77. The summed E-state index contributed by atoms with van der Waals surface area (Å²) in [5.74, 6) is 0.148. The molecule has 6 nitrogen and oxygen atoms in total. The summed E-state index contributed by atoms with van der Waals surface area (Å²) in [6.45, 7) is 5.72. The molecule has 132 valence electrons. The molecule has 1 aromatic carbocycles. The molecule has 0 unspecified atom stereocenters. The van der Waals surface area contributed by atoms with E-state index in [0.29, 0.717) is 19.5 Å². The number of urea groups is 1. The summed E-state index contributed by atoms with van der Waals surface area (Å²) < 4.78 is 0. The van der Waals surface area contributed by atoms with Crippen molar-refractivity contribution in [3.05, 3.63) is 29.3 Å². The van der Waals surface area contributed by atoms with Gasteiger partial charge in [0, 0.05) is 51.9 Å². The number of nitrogens with zero attached hydrogens (tertiary/aromatic N) is 2. The van der Waals surface area contributed by atoms with Gasteiger partial charge >= 0.3 is 6.03 Å². The van der Waals surface area contributed by atoms with E-state index in [2.05, 4.69) is 23.6 Å². The van der Waals surface area contributed by atoms with Crippen LogP contribution in [0.1, 0.15) is 30.9 Å². The zero-order chi connectivity index (χ0) is 17.7. The van der Waals surface area contributed by atoms with E-state index in [4.69, 9.17) is 0 Å². The lowest BCUT2D eigenvalue weighted by Crippen LogP contribution is -2.43. The van der Waals surface area contributed by atoms with E-state index in [1.165, 1.54) is 5.56 Å². The van der Waals surface area contributed by atoms with Gasteiger partial charge in [-0.3, -0.25) is 4.79 Å². The van der Waals surface area contributed by atoms with Crippen molar-refractivity contribution in [3.63, 3.8) is 0 Å². The lowest BCUT2D eigenvalue weighted by molar-refractivity contribution is -0.129. The first-order chi connectivity index (χ1) is 11.4. The van der Waals surface area contributed by atoms with Gasteiger partial charge in [-0.05, 0) is 30.5 Å². The monoisotopic (exact) mass is 332 g/mol. The van der Waals surface area contributed by atoms with E-state index < -0.39 is 0 Å². The normalized spacial score (nSPS) is 16.8. The number of benzene rings is 1. The Morgan fingerprint density at radius 2 is 2.08 bits per heavy atom. The van der Waals surface area contributed by atoms with Crippen LogP contribution in [0, 0.1) is 6.92 Å². The number of hydrogen-bond acceptors (Lipinski definition) is 3. The number of anilines is 1. The molecule has 1 aliphatic heterocycles. The van der Waals surface area contributed by atoms with Gasteiger partial charge in [-0.2, -0.15) is 0 Å². The summed E-state index contributed by atoms with van der Waals surface area (Å²) in [7, 11) is 3.99. The molecule has 0 spiro atoms. The fraction of sp³-hybridized carbons (Fsp3) is 0.556. The van der Waals surface area contributed by atoms with Crippen molar-refractivity contribution in [2.24, 2.45) is 0 Å². The molecule has 1 aromatic rings. The predicted octanol–water partition coefficient (Wildman–Crippen LogP) is 1.87. The third-order valence-corrected chi connectivity index (χ3v) is 4.34. The number of rotatable bonds is 5. The van der Waals surface area contributed by atoms with E-state index in [-0.39, 0.29) is 18.0 Å². The van der Waals surface area contributed by atoms with Gasteiger partial charge in [-0.25, -0.2) is 4.79 Å². The fourth-order valence-electron chi connectivity index (χ4n) is 2.98. The van der Waals surface area contributed by atoms with Gasteiger partial charge in [0.15, 0.2) is 0 Å². The molecule has 0 aromatic heterocycles. The molecular formula is C18H28N4O2. The van der Waals surface area contributed by atoms with Crippen LogP contribution < -0.4 is 15.5 Å². The fourth-order valence-corrected chi connectivity index (χ4v) is 2.98. The second-order valence-corrected chi connectivity index (χ2v) is 6.53. The second kappa shape index (κ2) is 8.04. The highest BCUT2D eigenvalue weighted by atomic mass is 16.2. The second-order valence-electron chi connectivity index (χ2n) is 6.53.